The number of carboxylic acids is 1. The van der Waals surface area contributed by atoms with Gasteiger partial charge in [0.05, 0.1) is 31.5 Å². The molecule has 0 fully saturated rings. The molecule has 0 aliphatic heterocycles. The maximum absolute atomic E-state index is 12.6. The second kappa shape index (κ2) is 18.9. The van der Waals surface area contributed by atoms with Gasteiger partial charge in [0.2, 0.25) is 11.8 Å². The van der Waals surface area contributed by atoms with Gasteiger partial charge in [0.25, 0.3) is 0 Å². The van der Waals surface area contributed by atoms with Gasteiger partial charge in [-0.05, 0) is 43.0 Å². The van der Waals surface area contributed by atoms with E-state index in [4.69, 9.17) is 9.84 Å². The lowest BCUT2D eigenvalue weighted by Gasteiger charge is -2.32. The van der Waals surface area contributed by atoms with Crippen molar-refractivity contribution in [3.63, 3.8) is 0 Å². The summed E-state index contributed by atoms with van der Waals surface area (Å²) in [6, 6.07) is 10.8. The molecule has 0 radical (unpaired) electrons. The second-order valence-electron chi connectivity index (χ2n) is 11.3. The fourth-order valence-electron chi connectivity index (χ4n) is 4.97. The quantitative estimate of drug-likeness (QED) is 0.227. The molecule has 0 aliphatic carbocycles. The van der Waals surface area contributed by atoms with Crippen molar-refractivity contribution in [3.8, 4) is 11.5 Å². The molecule has 3 N–H and O–H groups in total. The van der Waals surface area contributed by atoms with Crippen molar-refractivity contribution >= 4 is 46.7 Å². The average molecular weight is 643 g/mol. The number of Topliss-reactive ketones (excluding diaryl/α,β-unsaturated/α-hetero) is 2. The number of amides is 2. The number of carboxylic acid groups (broad SMARTS) is 1. The fraction of sp³-hybridized carbons (Fsp3) is 0.471. The van der Waals surface area contributed by atoms with Crippen molar-refractivity contribution in [2.75, 3.05) is 16.4 Å². The molecule has 2 aromatic rings. The topological polar surface area (TPSA) is 179 Å². The zero-order valence-electron chi connectivity index (χ0n) is 27.6. The molecule has 2 unspecified atom stereocenters. The van der Waals surface area contributed by atoms with Crippen LogP contribution in [-0.2, 0) is 33.5 Å². The monoisotopic (exact) mass is 642 g/mol. The third-order valence-electron chi connectivity index (χ3n) is 6.84. The molecule has 46 heavy (non-hydrogen) atoms. The molecule has 12 nitrogen and oxygen atoms in total. The molecule has 2 amide bonds. The number of rotatable bonds is 15. The van der Waals surface area contributed by atoms with Crippen LogP contribution in [0.5, 0.6) is 11.5 Å². The Hall–Kier alpha value is -4.74. The van der Waals surface area contributed by atoms with Crippen LogP contribution >= 0.6 is 0 Å². The van der Waals surface area contributed by atoms with Gasteiger partial charge in [-0.25, -0.2) is 0 Å². The molecule has 252 valence electrons. The second-order valence-corrected chi connectivity index (χ2v) is 11.3. The van der Waals surface area contributed by atoms with Crippen molar-refractivity contribution in [1.82, 2.24) is 0 Å². The molecular weight excluding hydrogens is 596 g/mol. The molecule has 0 heterocycles. The summed E-state index contributed by atoms with van der Waals surface area (Å²) < 4.78 is 4.84. The van der Waals surface area contributed by atoms with Gasteiger partial charge in [0, 0.05) is 50.2 Å². The van der Waals surface area contributed by atoms with E-state index >= 15 is 0 Å². The lowest BCUT2D eigenvalue weighted by molar-refractivity contribution is -0.144. The Bertz CT molecular complexity index is 1370. The highest BCUT2D eigenvalue weighted by Gasteiger charge is 2.33. The lowest BCUT2D eigenvalue weighted by atomic mass is 9.94. The number of ketones is 2. The number of benzene rings is 2. The first kappa shape index (κ1) is 39.3. The summed E-state index contributed by atoms with van der Waals surface area (Å²) >= 11 is 0. The minimum atomic E-state index is -1.05. The molecule has 12 heteroatoms. The van der Waals surface area contributed by atoms with E-state index < -0.39 is 24.0 Å². The molecule has 2 aromatic carbocycles. The standard InChI is InChI=1S/C18H25NO5.C16H21NO5/c1-5-24-17(23)10-9-16(22)18(12(2)3)19(13(4)20)14-7-6-8-15(21)11-14;1-10(2)16(14(20)7-8-15(21)22)17(11(3)18)12-5-4-6-13(19)9-12/h6-8,11-12,18,21H,5,9-10H2,1-4H3;4-6,9-10,16,19H,7-8H2,1-3H3,(H,21,22). The van der Waals surface area contributed by atoms with Crippen LogP contribution in [0.3, 0.4) is 0 Å². The molecule has 0 saturated carbocycles. The SMILES string of the molecule is CC(=O)N(c1cccc(O)c1)C(C(=O)CCC(=O)O)C(C)C.CCOC(=O)CCC(=O)C(C(C)C)N(C(C)=O)c1cccc(O)c1. The Morgan fingerprint density at radius 1 is 0.674 bits per heavy atom. The Balaban J connectivity index is 0.000000462. The third kappa shape index (κ3) is 12.3. The van der Waals surface area contributed by atoms with Gasteiger partial charge in [-0.15, -0.1) is 0 Å². The predicted molar refractivity (Wildman–Crippen MR) is 173 cm³/mol. The first-order chi connectivity index (χ1) is 21.5. The highest BCUT2D eigenvalue weighted by Crippen LogP contribution is 2.28. The summed E-state index contributed by atoms with van der Waals surface area (Å²) in [7, 11) is 0. The number of nitrogens with zero attached hydrogens (tertiary/aromatic N) is 2. The number of esters is 1. The molecule has 0 spiro atoms. The van der Waals surface area contributed by atoms with Gasteiger partial charge >= 0.3 is 11.9 Å². The highest BCUT2D eigenvalue weighted by atomic mass is 16.5. The van der Waals surface area contributed by atoms with E-state index in [-0.39, 0.29) is 79.0 Å². The molecule has 0 bridgehead atoms. The molecule has 2 rings (SSSR count). The number of carbonyl (C=O) groups is 6. The number of phenols is 2. The van der Waals surface area contributed by atoms with Crippen LogP contribution in [0.25, 0.3) is 0 Å². The summed E-state index contributed by atoms with van der Waals surface area (Å²) in [6.45, 7) is 11.9. The van der Waals surface area contributed by atoms with Crippen LogP contribution < -0.4 is 9.80 Å². The van der Waals surface area contributed by atoms with Crippen LogP contribution in [0.15, 0.2) is 48.5 Å². The lowest BCUT2D eigenvalue weighted by Crippen LogP contribution is -2.47. The number of phenolic OH excluding ortho intramolecular Hbond substituents is 2. The molecule has 0 saturated heterocycles. The van der Waals surface area contributed by atoms with E-state index in [0.29, 0.717) is 11.4 Å². The number of hydrogen-bond donors (Lipinski definition) is 3. The maximum atomic E-state index is 12.6. The van der Waals surface area contributed by atoms with Crippen LogP contribution in [0.2, 0.25) is 0 Å². The van der Waals surface area contributed by atoms with Crippen molar-refractivity contribution in [2.24, 2.45) is 11.8 Å². The Morgan fingerprint density at radius 3 is 1.37 bits per heavy atom. The van der Waals surface area contributed by atoms with Crippen LogP contribution in [0.1, 0.15) is 74.1 Å². The Morgan fingerprint density at radius 2 is 1.07 bits per heavy atom. The third-order valence-corrected chi connectivity index (χ3v) is 6.84. The summed E-state index contributed by atoms with van der Waals surface area (Å²) in [4.78, 5) is 74.0. The van der Waals surface area contributed by atoms with E-state index in [1.54, 1.807) is 45.0 Å². The number of aromatic hydroxyl groups is 2. The van der Waals surface area contributed by atoms with E-state index in [2.05, 4.69) is 0 Å². The van der Waals surface area contributed by atoms with Crippen LogP contribution in [0.4, 0.5) is 11.4 Å². The number of ether oxygens (including phenoxy) is 1. The summed E-state index contributed by atoms with van der Waals surface area (Å²) in [5.41, 5.74) is 0.862. The van der Waals surface area contributed by atoms with Crippen LogP contribution in [-0.4, -0.2) is 69.3 Å². The van der Waals surface area contributed by atoms with E-state index in [1.165, 1.54) is 47.9 Å². The molecule has 0 aromatic heterocycles. The van der Waals surface area contributed by atoms with Crippen molar-refractivity contribution < 1.29 is 48.8 Å². The van der Waals surface area contributed by atoms with Gasteiger partial charge in [0.15, 0.2) is 11.6 Å². The summed E-state index contributed by atoms with van der Waals surface area (Å²) in [6.07, 6.45) is -0.416. The van der Waals surface area contributed by atoms with Gasteiger partial charge in [0.1, 0.15) is 11.5 Å². The van der Waals surface area contributed by atoms with Crippen molar-refractivity contribution in [3.05, 3.63) is 48.5 Å². The van der Waals surface area contributed by atoms with E-state index in [9.17, 15) is 39.0 Å². The average Bonchev–Trinajstić information content (AvgIpc) is 2.95. The number of aliphatic carboxylic acids is 1. The van der Waals surface area contributed by atoms with E-state index in [0.717, 1.165) is 0 Å². The Labute approximate surface area is 270 Å². The Kier molecular flexibility index (Phi) is 16.2. The highest BCUT2D eigenvalue weighted by molar-refractivity contribution is 6.02. The first-order valence-electron chi connectivity index (χ1n) is 15.1. The zero-order chi connectivity index (χ0) is 35.1. The zero-order valence-corrected chi connectivity index (χ0v) is 27.6. The minimum Gasteiger partial charge on any atom is -0.508 e. The first-order valence-corrected chi connectivity index (χ1v) is 15.1. The summed E-state index contributed by atoms with van der Waals surface area (Å²) in [5, 5.41) is 28.0. The molecule has 0 aliphatic rings. The smallest absolute Gasteiger partial charge is 0.306 e. The van der Waals surface area contributed by atoms with E-state index in [1.807, 2.05) is 13.8 Å². The normalized spacial score (nSPS) is 11.9. The fourth-order valence-corrected chi connectivity index (χ4v) is 4.97. The van der Waals surface area contributed by atoms with Gasteiger partial charge < -0.3 is 29.9 Å². The molecule has 2 atom stereocenters. The maximum Gasteiger partial charge on any atom is 0.306 e. The predicted octanol–water partition coefficient (Wildman–Crippen LogP) is 4.89. The number of carbonyl (C=O) groups excluding carboxylic acids is 5. The van der Waals surface area contributed by atoms with Gasteiger partial charge in [-0.3, -0.25) is 28.8 Å². The number of anilines is 2. The van der Waals surface area contributed by atoms with Crippen molar-refractivity contribution in [2.45, 2.75) is 86.2 Å². The largest absolute Gasteiger partial charge is 0.508 e. The van der Waals surface area contributed by atoms with Gasteiger partial charge in [-0.1, -0.05) is 39.8 Å². The van der Waals surface area contributed by atoms with Crippen molar-refractivity contribution in [1.29, 1.82) is 0 Å². The molecular formula is C34H46N2O10. The van der Waals surface area contributed by atoms with Crippen LogP contribution in [0, 0.1) is 11.8 Å². The van der Waals surface area contributed by atoms with Gasteiger partial charge in [-0.2, -0.15) is 0 Å². The summed E-state index contributed by atoms with van der Waals surface area (Å²) in [5.74, 6) is -2.98. The number of hydrogen-bond acceptors (Lipinski definition) is 9. The minimum absolute atomic E-state index is 0.00424.